The second-order valence-corrected chi connectivity index (χ2v) is 2.30. The van der Waals surface area contributed by atoms with Gasteiger partial charge >= 0.3 is 0 Å². The third-order valence-electron chi connectivity index (χ3n) is 1.62. The quantitative estimate of drug-likeness (QED) is 0.535. The van der Waals surface area contributed by atoms with Crippen LogP contribution in [0.4, 0.5) is 0 Å². The number of nitrogens with zero attached hydrogens (tertiary/aromatic N) is 2. The second kappa shape index (κ2) is 1.88. The molecule has 3 N–H and O–H groups in total. The Kier molecular flexibility index (Phi) is 1.03. The summed E-state index contributed by atoms with van der Waals surface area (Å²) >= 11 is 0. The Morgan fingerprint density at radius 3 is 3.00 bits per heavy atom. The highest BCUT2D eigenvalue weighted by atomic mass is 16.3. The molecule has 0 saturated heterocycles. The number of benzene rings is 1. The summed E-state index contributed by atoms with van der Waals surface area (Å²) in [6, 6.07) is 5.12. The van der Waals surface area contributed by atoms with Crippen molar-refractivity contribution in [1.29, 1.82) is 0 Å². The van der Waals surface area contributed by atoms with E-state index in [4.69, 9.17) is 5.84 Å². The highest BCUT2D eigenvalue weighted by Gasteiger charge is 2.01. The molecule has 4 nitrogen and oxygen atoms in total. The summed E-state index contributed by atoms with van der Waals surface area (Å²) in [6.45, 7) is 0. The van der Waals surface area contributed by atoms with Gasteiger partial charge in [0.15, 0.2) is 0 Å². The van der Waals surface area contributed by atoms with Gasteiger partial charge in [-0.2, -0.15) is 9.89 Å². The molecule has 0 spiro atoms. The molecule has 0 aliphatic rings. The van der Waals surface area contributed by atoms with Crippen molar-refractivity contribution in [3.05, 3.63) is 24.4 Å². The lowest BCUT2D eigenvalue weighted by atomic mass is 10.2. The van der Waals surface area contributed by atoms with E-state index in [1.165, 1.54) is 11.0 Å². The van der Waals surface area contributed by atoms with E-state index in [0.29, 0.717) is 5.39 Å². The van der Waals surface area contributed by atoms with E-state index in [9.17, 15) is 5.11 Å². The second-order valence-electron chi connectivity index (χ2n) is 2.30. The topological polar surface area (TPSA) is 64.1 Å². The minimum atomic E-state index is 0.208. The third kappa shape index (κ3) is 0.724. The van der Waals surface area contributed by atoms with Gasteiger partial charge in [0.25, 0.3) is 0 Å². The van der Waals surface area contributed by atoms with E-state index in [-0.39, 0.29) is 5.75 Å². The summed E-state index contributed by atoms with van der Waals surface area (Å²) in [5.74, 6) is 5.65. The van der Waals surface area contributed by atoms with Gasteiger partial charge < -0.3 is 10.9 Å². The lowest BCUT2D eigenvalue weighted by molar-refractivity contribution is 0.481. The van der Waals surface area contributed by atoms with Crippen LogP contribution in [0.25, 0.3) is 10.9 Å². The number of phenols is 1. The van der Waals surface area contributed by atoms with Crippen LogP contribution in [0, 0.1) is 0 Å². The average Bonchev–Trinajstić information content (AvgIpc) is 2.35. The molecule has 0 aliphatic carbocycles. The van der Waals surface area contributed by atoms with Gasteiger partial charge in [0.05, 0.1) is 17.1 Å². The SMILES string of the molecule is Nn1ncc2c(O)cccc21. The summed E-state index contributed by atoms with van der Waals surface area (Å²) in [5, 5.41) is 13.7. The van der Waals surface area contributed by atoms with Crippen molar-refractivity contribution in [2.75, 3.05) is 5.84 Å². The predicted octanol–water partition coefficient (Wildman–Crippen LogP) is 0.456. The zero-order chi connectivity index (χ0) is 7.84. The summed E-state index contributed by atoms with van der Waals surface area (Å²) in [6.07, 6.45) is 1.53. The van der Waals surface area contributed by atoms with Gasteiger partial charge in [-0.15, -0.1) is 0 Å². The molecule has 0 bridgehead atoms. The smallest absolute Gasteiger partial charge is 0.126 e. The van der Waals surface area contributed by atoms with Crippen molar-refractivity contribution < 1.29 is 5.11 Å². The number of nitrogen functional groups attached to an aromatic ring is 1. The fourth-order valence-electron chi connectivity index (χ4n) is 1.06. The maximum absolute atomic E-state index is 9.28. The van der Waals surface area contributed by atoms with Gasteiger partial charge in [0.1, 0.15) is 5.75 Å². The molecule has 1 heterocycles. The van der Waals surface area contributed by atoms with Gasteiger partial charge in [-0.3, -0.25) is 0 Å². The summed E-state index contributed by atoms with van der Waals surface area (Å²) in [4.78, 5) is 1.23. The first-order valence-corrected chi connectivity index (χ1v) is 3.20. The van der Waals surface area contributed by atoms with Crippen molar-refractivity contribution in [3.8, 4) is 5.75 Å². The molecule has 4 heteroatoms. The average molecular weight is 149 g/mol. The number of aromatic nitrogens is 2. The molecular formula is C7H7N3O. The molecule has 2 aromatic rings. The van der Waals surface area contributed by atoms with Crippen LogP contribution in [0.5, 0.6) is 5.75 Å². The highest BCUT2D eigenvalue weighted by molar-refractivity contribution is 5.84. The molecule has 1 aromatic carbocycles. The van der Waals surface area contributed by atoms with Crippen molar-refractivity contribution >= 4 is 10.9 Å². The van der Waals surface area contributed by atoms with Crippen LogP contribution in [0.1, 0.15) is 0 Å². The Hall–Kier alpha value is -1.71. The Balaban J connectivity index is 2.94. The number of phenolic OH excluding ortho intramolecular Hbond substituents is 1. The van der Waals surface area contributed by atoms with Crippen LogP contribution in [0.15, 0.2) is 24.4 Å². The Labute approximate surface area is 62.8 Å². The molecule has 11 heavy (non-hydrogen) atoms. The number of hydrogen-bond acceptors (Lipinski definition) is 3. The third-order valence-corrected chi connectivity index (χ3v) is 1.62. The largest absolute Gasteiger partial charge is 0.507 e. The lowest BCUT2D eigenvalue weighted by Gasteiger charge is -1.93. The molecule has 0 aliphatic heterocycles. The van der Waals surface area contributed by atoms with Crippen LogP contribution < -0.4 is 5.84 Å². The Bertz CT molecular complexity index is 393. The van der Waals surface area contributed by atoms with Crippen molar-refractivity contribution in [2.45, 2.75) is 0 Å². The maximum atomic E-state index is 9.28. The zero-order valence-corrected chi connectivity index (χ0v) is 5.73. The van der Waals surface area contributed by atoms with Crippen LogP contribution in [-0.4, -0.2) is 15.0 Å². The van der Waals surface area contributed by atoms with Gasteiger partial charge in [-0.25, -0.2) is 0 Å². The van der Waals surface area contributed by atoms with E-state index in [2.05, 4.69) is 5.10 Å². The monoisotopic (exact) mass is 149 g/mol. The predicted molar refractivity (Wildman–Crippen MR) is 41.5 cm³/mol. The van der Waals surface area contributed by atoms with E-state index < -0.39 is 0 Å². The number of hydrogen-bond donors (Lipinski definition) is 2. The van der Waals surface area contributed by atoms with Gasteiger partial charge in [-0.1, -0.05) is 6.07 Å². The standard InChI is InChI=1S/C7H7N3O/c8-10-6-2-1-3-7(11)5(6)4-9-10/h1-4,11H,8H2. The number of nitrogens with two attached hydrogens (primary N) is 1. The molecule has 0 unspecified atom stereocenters. The molecule has 2 rings (SSSR count). The van der Waals surface area contributed by atoms with Gasteiger partial charge in [-0.05, 0) is 12.1 Å². The first-order chi connectivity index (χ1) is 5.29. The fourth-order valence-corrected chi connectivity index (χ4v) is 1.06. The van der Waals surface area contributed by atoms with Crippen LogP contribution in [-0.2, 0) is 0 Å². The van der Waals surface area contributed by atoms with Crippen LogP contribution in [0.3, 0.4) is 0 Å². The molecule has 0 fully saturated rings. The fraction of sp³-hybridized carbons (Fsp3) is 0. The molecule has 56 valence electrons. The molecule has 0 atom stereocenters. The number of aromatic hydroxyl groups is 1. The first kappa shape index (κ1) is 6.03. The van der Waals surface area contributed by atoms with E-state index in [0.717, 1.165) is 5.52 Å². The van der Waals surface area contributed by atoms with Crippen molar-refractivity contribution in [3.63, 3.8) is 0 Å². The molecule has 0 saturated carbocycles. The number of fused-ring (bicyclic) bond motifs is 1. The van der Waals surface area contributed by atoms with Gasteiger partial charge in [0, 0.05) is 0 Å². The minimum absolute atomic E-state index is 0.208. The maximum Gasteiger partial charge on any atom is 0.126 e. The molecule has 1 aromatic heterocycles. The van der Waals surface area contributed by atoms with E-state index in [1.54, 1.807) is 18.2 Å². The lowest BCUT2D eigenvalue weighted by Crippen LogP contribution is -2.08. The highest BCUT2D eigenvalue weighted by Crippen LogP contribution is 2.21. The molecular weight excluding hydrogens is 142 g/mol. The minimum Gasteiger partial charge on any atom is -0.507 e. The van der Waals surface area contributed by atoms with E-state index >= 15 is 0 Å². The Morgan fingerprint density at radius 2 is 2.27 bits per heavy atom. The van der Waals surface area contributed by atoms with Crippen molar-refractivity contribution in [2.24, 2.45) is 0 Å². The van der Waals surface area contributed by atoms with Gasteiger partial charge in [0.2, 0.25) is 0 Å². The molecule has 0 radical (unpaired) electrons. The molecule has 0 amide bonds. The zero-order valence-electron chi connectivity index (χ0n) is 5.73. The van der Waals surface area contributed by atoms with Crippen LogP contribution in [0.2, 0.25) is 0 Å². The van der Waals surface area contributed by atoms with Crippen molar-refractivity contribution in [1.82, 2.24) is 9.89 Å². The first-order valence-electron chi connectivity index (χ1n) is 3.20. The number of rotatable bonds is 0. The van der Waals surface area contributed by atoms with Crippen LogP contribution >= 0.6 is 0 Å². The summed E-state index contributed by atoms with van der Waals surface area (Å²) < 4.78 is 0. The summed E-state index contributed by atoms with van der Waals surface area (Å²) in [5.41, 5.74) is 0.727. The summed E-state index contributed by atoms with van der Waals surface area (Å²) in [7, 11) is 0. The Morgan fingerprint density at radius 1 is 1.45 bits per heavy atom. The normalized spacial score (nSPS) is 10.5. The van der Waals surface area contributed by atoms with E-state index in [1.807, 2.05) is 0 Å².